The summed E-state index contributed by atoms with van der Waals surface area (Å²) in [5.74, 6) is -1.44. The van der Waals surface area contributed by atoms with Gasteiger partial charge < -0.3 is 10.0 Å². The largest absolute Gasteiger partial charge is 0.481 e. The second kappa shape index (κ2) is 6.24. The lowest BCUT2D eigenvalue weighted by atomic mass is 9.89. The topological polar surface area (TPSA) is 57.6 Å². The molecule has 0 bridgehead atoms. The predicted molar refractivity (Wildman–Crippen MR) is 88.9 cm³/mol. The minimum atomic E-state index is -0.835. The fourth-order valence-corrected chi connectivity index (χ4v) is 3.21. The van der Waals surface area contributed by atoms with E-state index < -0.39 is 11.9 Å². The van der Waals surface area contributed by atoms with Crippen LogP contribution in [0.1, 0.15) is 40.7 Å². The highest BCUT2D eigenvalue weighted by Crippen LogP contribution is 2.36. The number of carbonyl (C=O) groups excluding carboxylic acids is 1. The van der Waals surface area contributed by atoms with Crippen LogP contribution in [-0.2, 0) is 11.2 Å². The van der Waals surface area contributed by atoms with Crippen molar-refractivity contribution in [3.05, 3.63) is 65.2 Å². The Morgan fingerprint density at radius 2 is 1.83 bits per heavy atom. The Balaban J connectivity index is 2.02. The molecule has 2 aromatic carbocycles. The smallest absolute Gasteiger partial charge is 0.311 e. The zero-order chi connectivity index (χ0) is 16.4. The number of para-hydroxylation sites is 1. The number of carboxylic acid groups (broad SMARTS) is 1. The van der Waals surface area contributed by atoms with Gasteiger partial charge in [0.2, 0.25) is 0 Å². The number of benzene rings is 2. The zero-order valence-electron chi connectivity index (χ0n) is 13.0. The highest BCUT2D eigenvalue weighted by Gasteiger charge is 2.33. The third-order valence-corrected chi connectivity index (χ3v) is 4.42. The lowest BCUT2D eigenvalue weighted by Crippen LogP contribution is -2.38. The zero-order valence-corrected chi connectivity index (χ0v) is 13.0. The van der Waals surface area contributed by atoms with Crippen LogP contribution in [-0.4, -0.2) is 23.5 Å². The number of carbonyl (C=O) groups is 2. The van der Waals surface area contributed by atoms with Gasteiger partial charge in [0.1, 0.15) is 0 Å². The molecule has 1 atom stereocenters. The van der Waals surface area contributed by atoms with Crippen LogP contribution in [0, 0.1) is 0 Å². The Hall–Kier alpha value is -2.62. The Morgan fingerprint density at radius 3 is 2.57 bits per heavy atom. The van der Waals surface area contributed by atoms with E-state index in [0.29, 0.717) is 29.8 Å². The first kappa shape index (κ1) is 15.3. The van der Waals surface area contributed by atoms with Crippen molar-refractivity contribution in [2.75, 3.05) is 11.4 Å². The number of aryl methyl sites for hydroxylation is 1. The summed E-state index contributed by atoms with van der Waals surface area (Å²) >= 11 is 0. The van der Waals surface area contributed by atoms with Crippen molar-refractivity contribution in [3.8, 4) is 0 Å². The number of hydrogen-bond donors (Lipinski definition) is 1. The Kier molecular flexibility index (Phi) is 4.15. The fourth-order valence-electron chi connectivity index (χ4n) is 3.21. The van der Waals surface area contributed by atoms with Crippen LogP contribution in [0.5, 0.6) is 0 Å². The van der Waals surface area contributed by atoms with Crippen molar-refractivity contribution >= 4 is 17.6 Å². The summed E-state index contributed by atoms with van der Waals surface area (Å²) in [5.41, 5.74) is 3.13. The van der Waals surface area contributed by atoms with E-state index in [1.54, 1.807) is 11.0 Å². The molecule has 118 valence electrons. The van der Waals surface area contributed by atoms with Gasteiger partial charge in [0, 0.05) is 17.8 Å². The van der Waals surface area contributed by atoms with Gasteiger partial charge in [-0.2, -0.15) is 0 Å². The first-order valence-corrected chi connectivity index (χ1v) is 7.85. The molecule has 0 fully saturated rings. The van der Waals surface area contributed by atoms with Gasteiger partial charge in [0.25, 0.3) is 5.91 Å². The normalized spacial score (nSPS) is 16.7. The van der Waals surface area contributed by atoms with Gasteiger partial charge in [0.15, 0.2) is 0 Å². The van der Waals surface area contributed by atoms with Crippen molar-refractivity contribution < 1.29 is 14.7 Å². The summed E-state index contributed by atoms with van der Waals surface area (Å²) in [6, 6.07) is 14.9. The number of aliphatic carboxylic acids is 1. The van der Waals surface area contributed by atoms with E-state index in [-0.39, 0.29) is 5.91 Å². The van der Waals surface area contributed by atoms with Crippen LogP contribution in [0.2, 0.25) is 0 Å². The minimum absolute atomic E-state index is 0.0567. The third kappa shape index (κ3) is 2.72. The van der Waals surface area contributed by atoms with E-state index in [1.165, 1.54) is 0 Å². The molecule has 0 aromatic heterocycles. The van der Waals surface area contributed by atoms with Crippen LogP contribution >= 0.6 is 0 Å². The Morgan fingerprint density at radius 1 is 1.13 bits per heavy atom. The number of anilines is 1. The molecule has 1 heterocycles. The van der Waals surface area contributed by atoms with Crippen LogP contribution in [0.4, 0.5) is 5.69 Å². The standard InChI is InChI=1S/C19H19NO3/c1-2-13-7-3-4-8-14(13)18(21)20-12-11-16(19(22)23)15-9-5-6-10-17(15)20/h3-10,16H,2,11-12H2,1H3,(H,22,23). The second-order valence-corrected chi connectivity index (χ2v) is 5.71. The lowest BCUT2D eigenvalue weighted by molar-refractivity contribution is -0.139. The van der Waals surface area contributed by atoms with Gasteiger partial charge in [-0.15, -0.1) is 0 Å². The summed E-state index contributed by atoms with van der Waals surface area (Å²) < 4.78 is 0. The van der Waals surface area contributed by atoms with E-state index in [9.17, 15) is 14.7 Å². The predicted octanol–water partition coefficient (Wildman–Crippen LogP) is 3.47. The number of rotatable bonds is 3. The molecule has 1 aliphatic rings. The Bertz CT molecular complexity index is 754. The number of fused-ring (bicyclic) bond motifs is 1. The molecule has 0 aliphatic carbocycles. The van der Waals surface area contributed by atoms with Gasteiger partial charge in [-0.05, 0) is 36.1 Å². The highest BCUT2D eigenvalue weighted by molar-refractivity contribution is 6.08. The molecular formula is C19H19NO3. The maximum atomic E-state index is 13.0. The van der Waals surface area contributed by atoms with E-state index in [4.69, 9.17) is 0 Å². The molecule has 3 rings (SSSR count). The van der Waals surface area contributed by atoms with E-state index >= 15 is 0 Å². The number of hydrogen-bond acceptors (Lipinski definition) is 2. The van der Waals surface area contributed by atoms with E-state index in [2.05, 4.69) is 0 Å². The monoisotopic (exact) mass is 309 g/mol. The third-order valence-electron chi connectivity index (χ3n) is 4.42. The van der Waals surface area contributed by atoms with Gasteiger partial charge in [0.05, 0.1) is 5.92 Å². The molecule has 0 spiro atoms. The van der Waals surface area contributed by atoms with Crippen LogP contribution in [0.3, 0.4) is 0 Å². The quantitative estimate of drug-likeness (QED) is 0.944. The van der Waals surface area contributed by atoms with Crippen molar-refractivity contribution in [2.24, 2.45) is 0 Å². The number of nitrogens with zero attached hydrogens (tertiary/aromatic N) is 1. The van der Waals surface area contributed by atoms with Crippen molar-refractivity contribution in [1.82, 2.24) is 0 Å². The van der Waals surface area contributed by atoms with Crippen molar-refractivity contribution in [3.63, 3.8) is 0 Å². The second-order valence-electron chi connectivity index (χ2n) is 5.71. The number of carboxylic acids is 1. The SMILES string of the molecule is CCc1ccccc1C(=O)N1CCC(C(=O)O)c2ccccc21. The molecule has 4 nitrogen and oxygen atoms in total. The molecule has 1 unspecified atom stereocenters. The molecule has 0 radical (unpaired) electrons. The van der Waals surface area contributed by atoms with Gasteiger partial charge in [-0.25, -0.2) is 0 Å². The van der Waals surface area contributed by atoms with Gasteiger partial charge in [-0.1, -0.05) is 43.3 Å². The van der Waals surface area contributed by atoms with E-state index in [1.807, 2.05) is 49.4 Å². The van der Waals surface area contributed by atoms with Gasteiger partial charge >= 0.3 is 5.97 Å². The summed E-state index contributed by atoms with van der Waals surface area (Å²) in [6.45, 7) is 2.45. The molecular weight excluding hydrogens is 290 g/mol. The van der Waals surface area contributed by atoms with Crippen molar-refractivity contribution in [1.29, 1.82) is 0 Å². The van der Waals surface area contributed by atoms with Crippen LogP contribution < -0.4 is 4.90 Å². The van der Waals surface area contributed by atoms with Crippen LogP contribution in [0.15, 0.2) is 48.5 Å². The summed E-state index contributed by atoms with van der Waals surface area (Å²) in [5, 5.41) is 9.41. The molecule has 2 aromatic rings. The number of amides is 1. The molecule has 23 heavy (non-hydrogen) atoms. The molecule has 4 heteroatoms. The first-order chi connectivity index (χ1) is 11.1. The summed E-state index contributed by atoms with van der Waals surface area (Å²) in [6.07, 6.45) is 1.22. The minimum Gasteiger partial charge on any atom is -0.481 e. The van der Waals surface area contributed by atoms with Crippen LogP contribution in [0.25, 0.3) is 0 Å². The molecule has 1 aliphatic heterocycles. The maximum absolute atomic E-state index is 13.0. The molecule has 0 saturated heterocycles. The molecule has 0 saturated carbocycles. The van der Waals surface area contributed by atoms with E-state index in [0.717, 1.165) is 12.0 Å². The average Bonchev–Trinajstić information content (AvgIpc) is 2.60. The average molecular weight is 309 g/mol. The maximum Gasteiger partial charge on any atom is 0.311 e. The fraction of sp³-hybridized carbons (Fsp3) is 0.263. The highest BCUT2D eigenvalue weighted by atomic mass is 16.4. The first-order valence-electron chi connectivity index (χ1n) is 7.85. The van der Waals surface area contributed by atoms with Crippen molar-refractivity contribution in [2.45, 2.75) is 25.7 Å². The van der Waals surface area contributed by atoms with Gasteiger partial charge in [-0.3, -0.25) is 9.59 Å². The summed E-state index contributed by atoms with van der Waals surface area (Å²) in [4.78, 5) is 26.2. The Labute approximate surface area is 135 Å². The lowest BCUT2D eigenvalue weighted by Gasteiger charge is -2.33. The molecule has 1 amide bonds. The molecule has 1 N–H and O–H groups in total. The summed E-state index contributed by atoms with van der Waals surface area (Å²) in [7, 11) is 0.